The lowest BCUT2D eigenvalue weighted by Crippen LogP contribution is -1.74. The molecule has 2 nitrogen and oxygen atoms in total. The summed E-state index contributed by atoms with van der Waals surface area (Å²) in [4.78, 5) is 3.02. The molecule has 0 fully saturated rings. The molecule has 0 amide bonds. The Hall–Kier alpha value is -0.790. The largest absolute Gasteiger partial charge is 0.204 e. The number of thiophene rings is 2. The maximum absolute atomic E-state index is 13.8. The van der Waals surface area contributed by atoms with E-state index in [9.17, 15) is 8.78 Å². The molecule has 0 saturated heterocycles. The van der Waals surface area contributed by atoms with Gasteiger partial charge in [0.25, 0.3) is 0 Å². The van der Waals surface area contributed by atoms with Crippen LogP contribution in [0.5, 0.6) is 0 Å². The van der Waals surface area contributed by atoms with Crippen LogP contribution in [0.1, 0.15) is 9.75 Å². The first-order valence-corrected chi connectivity index (χ1v) is 7.16. The molecule has 0 bridgehead atoms. The Morgan fingerprint density at radius 2 is 1.59 bits per heavy atom. The molecule has 0 spiro atoms. The summed E-state index contributed by atoms with van der Waals surface area (Å²) in [5.41, 5.74) is 0.236. The number of nitrogens with zero attached hydrogens (tertiary/aromatic N) is 2. The Morgan fingerprint density at radius 1 is 0.941 bits per heavy atom. The molecule has 3 rings (SSSR count). The first-order chi connectivity index (χ1) is 8.09. The first-order valence-electron chi connectivity index (χ1n) is 4.75. The zero-order valence-electron chi connectivity index (χ0n) is 8.88. The van der Waals surface area contributed by atoms with Gasteiger partial charge in [-0.3, -0.25) is 0 Å². The molecule has 0 unspecified atom stereocenters. The Labute approximate surface area is 109 Å². The van der Waals surface area contributed by atoms with Crippen LogP contribution in [-0.4, -0.2) is 0 Å². The number of hydrogen-bond acceptors (Lipinski definition) is 5. The Bertz CT molecular complexity index is 643. The molecular formula is C10H6F2N2S3. The fraction of sp³-hybridized carbons (Fsp3) is 0.200. The van der Waals surface area contributed by atoms with Crippen LogP contribution in [0.3, 0.4) is 0 Å². The van der Waals surface area contributed by atoms with E-state index in [0.29, 0.717) is 19.5 Å². The summed E-state index contributed by atoms with van der Waals surface area (Å²) in [5.74, 6) is -0.623. The van der Waals surface area contributed by atoms with Crippen molar-refractivity contribution in [3.63, 3.8) is 0 Å². The molecule has 0 N–H and O–H groups in total. The van der Waals surface area contributed by atoms with Gasteiger partial charge in [0.2, 0.25) is 0 Å². The van der Waals surface area contributed by atoms with E-state index in [4.69, 9.17) is 0 Å². The van der Waals surface area contributed by atoms with Gasteiger partial charge in [-0.2, -0.15) is 0 Å². The van der Waals surface area contributed by atoms with Gasteiger partial charge in [-0.05, 0) is 13.8 Å². The van der Waals surface area contributed by atoms with Crippen LogP contribution >= 0.6 is 34.6 Å². The van der Waals surface area contributed by atoms with E-state index in [2.05, 4.69) is 9.63 Å². The lowest BCUT2D eigenvalue weighted by atomic mass is 10.3. The van der Waals surface area contributed by atoms with Gasteiger partial charge in [0, 0.05) is 21.7 Å². The second kappa shape index (κ2) is 3.86. The molecule has 88 valence electrons. The second-order valence-corrected chi connectivity index (χ2v) is 6.76. The quantitative estimate of drug-likeness (QED) is 0.589. The first kappa shape index (κ1) is 11.3. The maximum atomic E-state index is 13.8. The van der Waals surface area contributed by atoms with Gasteiger partial charge in [-0.25, -0.2) is 8.78 Å². The molecule has 7 heteroatoms. The predicted molar refractivity (Wildman–Crippen MR) is 67.4 cm³/mol. The van der Waals surface area contributed by atoms with Crippen molar-refractivity contribution in [1.29, 1.82) is 0 Å². The third-order valence-electron chi connectivity index (χ3n) is 2.44. The predicted octanol–water partition coefficient (Wildman–Crippen LogP) is 5.48. The summed E-state index contributed by atoms with van der Waals surface area (Å²) in [6, 6.07) is 0. The highest BCUT2D eigenvalue weighted by atomic mass is 32.2. The van der Waals surface area contributed by atoms with Crippen LogP contribution in [0.15, 0.2) is 14.5 Å². The molecule has 1 aliphatic heterocycles. The zero-order valence-corrected chi connectivity index (χ0v) is 11.3. The van der Waals surface area contributed by atoms with Crippen molar-refractivity contribution in [1.82, 2.24) is 0 Å². The minimum Gasteiger partial charge on any atom is -0.204 e. The molecule has 2 aromatic heterocycles. The summed E-state index contributed by atoms with van der Waals surface area (Å²) >= 11 is 3.59. The van der Waals surface area contributed by atoms with E-state index >= 15 is 0 Å². The fourth-order valence-electron chi connectivity index (χ4n) is 1.59. The Balaban J connectivity index is 2.36. The van der Waals surface area contributed by atoms with Gasteiger partial charge in [-0.15, -0.1) is 32.3 Å². The lowest BCUT2D eigenvalue weighted by Gasteiger charge is -1.93. The number of fused-ring (bicyclic) bond motifs is 3. The van der Waals surface area contributed by atoms with Gasteiger partial charge < -0.3 is 0 Å². The van der Waals surface area contributed by atoms with Crippen molar-refractivity contribution in [2.75, 3.05) is 0 Å². The SMILES string of the molecule is Cc1sc2c(c1F)N=NSc1c-2sc(C)c1F. The van der Waals surface area contributed by atoms with E-state index in [-0.39, 0.29) is 17.3 Å². The third kappa shape index (κ3) is 1.56. The molecule has 0 atom stereocenters. The average molecular weight is 288 g/mol. The van der Waals surface area contributed by atoms with Crippen LogP contribution in [0, 0.1) is 25.5 Å². The van der Waals surface area contributed by atoms with Gasteiger partial charge in [-0.1, -0.05) is 0 Å². The number of halogens is 2. The highest BCUT2D eigenvalue weighted by Crippen LogP contribution is 2.52. The van der Waals surface area contributed by atoms with Crippen LogP contribution < -0.4 is 0 Å². The van der Waals surface area contributed by atoms with Gasteiger partial charge in [0.1, 0.15) is 5.69 Å². The van der Waals surface area contributed by atoms with Crippen LogP contribution in [0.4, 0.5) is 14.5 Å². The minimum absolute atomic E-state index is 0.236. The van der Waals surface area contributed by atoms with Crippen molar-refractivity contribution in [3.05, 3.63) is 21.4 Å². The summed E-state index contributed by atoms with van der Waals surface area (Å²) in [6.07, 6.45) is 0. The molecule has 0 aromatic carbocycles. The monoisotopic (exact) mass is 288 g/mol. The Morgan fingerprint density at radius 3 is 2.35 bits per heavy atom. The molecule has 0 aliphatic carbocycles. The van der Waals surface area contributed by atoms with Crippen molar-refractivity contribution < 1.29 is 8.78 Å². The van der Waals surface area contributed by atoms with Gasteiger partial charge >= 0.3 is 0 Å². The number of aryl methyl sites for hydroxylation is 2. The topological polar surface area (TPSA) is 24.7 Å². The normalized spacial score (nSPS) is 13.4. The maximum Gasteiger partial charge on any atom is 0.165 e. The van der Waals surface area contributed by atoms with E-state index < -0.39 is 0 Å². The van der Waals surface area contributed by atoms with E-state index in [1.165, 1.54) is 22.7 Å². The van der Waals surface area contributed by atoms with Gasteiger partial charge in [0.05, 0.1) is 14.6 Å². The highest BCUT2D eigenvalue weighted by Gasteiger charge is 2.27. The van der Waals surface area contributed by atoms with Crippen LogP contribution in [-0.2, 0) is 0 Å². The van der Waals surface area contributed by atoms with E-state index in [1.807, 2.05) is 0 Å². The van der Waals surface area contributed by atoms with E-state index in [1.54, 1.807) is 13.8 Å². The zero-order chi connectivity index (χ0) is 12.2. The minimum atomic E-state index is -0.353. The molecular weight excluding hydrogens is 282 g/mol. The smallest absolute Gasteiger partial charge is 0.165 e. The molecule has 2 aromatic rings. The van der Waals surface area contributed by atoms with Crippen LogP contribution in [0.2, 0.25) is 0 Å². The average Bonchev–Trinajstić information content (AvgIpc) is 2.66. The molecule has 17 heavy (non-hydrogen) atoms. The Kier molecular flexibility index (Phi) is 2.57. The van der Waals surface area contributed by atoms with Crippen LogP contribution in [0.25, 0.3) is 9.75 Å². The summed E-state index contributed by atoms with van der Waals surface area (Å²) < 4.78 is 31.4. The number of rotatable bonds is 0. The third-order valence-corrected chi connectivity index (χ3v) is 5.61. The van der Waals surface area contributed by atoms with Crippen molar-refractivity contribution in [3.8, 4) is 9.75 Å². The van der Waals surface area contributed by atoms with Gasteiger partial charge in [0.15, 0.2) is 11.6 Å². The van der Waals surface area contributed by atoms with Crippen molar-refractivity contribution in [2.45, 2.75) is 18.7 Å². The summed E-state index contributed by atoms with van der Waals surface area (Å²) in [6.45, 7) is 3.40. The second-order valence-electron chi connectivity index (χ2n) is 3.55. The van der Waals surface area contributed by atoms with Crippen molar-refractivity contribution in [2.24, 2.45) is 9.63 Å². The standard InChI is InChI=1S/C10H6F2N2S3/c1-3-5(11)7-9(15-3)10-8(17-14-13-7)6(12)4(2)16-10/h1-2H3. The summed E-state index contributed by atoms with van der Waals surface area (Å²) in [7, 11) is 0. The highest BCUT2D eigenvalue weighted by molar-refractivity contribution is 7.98. The number of hydrogen-bond donors (Lipinski definition) is 0. The summed E-state index contributed by atoms with van der Waals surface area (Å²) in [5, 5.41) is 3.83. The molecule has 0 radical (unpaired) electrons. The molecule has 1 aliphatic rings. The van der Waals surface area contributed by atoms with Crippen molar-refractivity contribution >= 4 is 40.3 Å². The fourth-order valence-corrected chi connectivity index (χ4v) is 4.61. The molecule has 3 heterocycles. The lowest BCUT2D eigenvalue weighted by molar-refractivity contribution is 0.602. The molecule has 0 saturated carbocycles. The van der Waals surface area contributed by atoms with E-state index in [0.717, 1.165) is 16.8 Å².